The van der Waals surface area contributed by atoms with Crippen LogP contribution >= 0.6 is 0 Å². The molecule has 2 nitrogen and oxygen atoms in total. The number of unbranched alkanes of at least 4 members (excludes halogenated alkanes) is 9. The first-order valence-electron chi connectivity index (χ1n) is 10.1. The number of hydrogen-bond donors (Lipinski definition) is 0. The molecule has 0 N–H and O–H groups in total. The Hall–Kier alpha value is -1.46. The van der Waals surface area contributed by atoms with Crippen LogP contribution in [0.3, 0.4) is 0 Å². The lowest BCUT2D eigenvalue weighted by molar-refractivity contribution is 0.360. The van der Waals surface area contributed by atoms with Crippen molar-refractivity contribution >= 4 is 0 Å². The summed E-state index contributed by atoms with van der Waals surface area (Å²) in [4.78, 5) is 2.32. The van der Waals surface area contributed by atoms with E-state index in [0.717, 1.165) is 24.4 Å². The Morgan fingerprint density at radius 2 is 1.40 bits per heavy atom. The molecule has 2 heteroatoms. The summed E-state index contributed by atoms with van der Waals surface area (Å²) in [5.41, 5.74) is 1.05. The van der Waals surface area contributed by atoms with E-state index >= 15 is 0 Å². The first-order chi connectivity index (χ1) is 12.3. The summed E-state index contributed by atoms with van der Waals surface area (Å²) >= 11 is 0. The van der Waals surface area contributed by atoms with Gasteiger partial charge in [-0.05, 0) is 44.3 Å². The number of nitrogens with zero attached hydrogens (tertiary/aromatic N) is 1. The van der Waals surface area contributed by atoms with Crippen molar-refractivity contribution in [2.75, 3.05) is 27.2 Å². The minimum Gasteiger partial charge on any atom is -0.497 e. The van der Waals surface area contributed by atoms with Gasteiger partial charge in [0.05, 0.1) is 13.7 Å². The van der Waals surface area contributed by atoms with E-state index in [0.29, 0.717) is 0 Å². The van der Waals surface area contributed by atoms with Crippen LogP contribution in [0.25, 0.3) is 0 Å². The summed E-state index contributed by atoms with van der Waals surface area (Å²) in [5.74, 6) is 7.36. The van der Waals surface area contributed by atoms with Gasteiger partial charge in [0, 0.05) is 5.56 Å². The van der Waals surface area contributed by atoms with E-state index in [1.807, 2.05) is 24.3 Å². The van der Waals surface area contributed by atoms with E-state index in [9.17, 15) is 0 Å². The summed E-state index contributed by atoms with van der Waals surface area (Å²) < 4.78 is 5.16. The molecule has 0 saturated heterocycles. The Morgan fingerprint density at radius 3 is 1.96 bits per heavy atom. The molecule has 1 aromatic rings. The molecule has 0 aliphatic heterocycles. The standard InChI is InChI=1S/C23H37NO/c1-4-5-6-7-8-9-10-11-12-13-20-24(2)21-14-15-22-16-18-23(25-3)19-17-22/h16-19H,4-13,20-21H2,1-3H3. The second kappa shape index (κ2) is 14.8. The van der Waals surface area contributed by atoms with Gasteiger partial charge in [0.15, 0.2) is 0 Å². The van der Waals surface area contributed by atoms with Crippen LogP contribution in [0.4, 0.5) is 0 Å². The van der Waals surface area contributed by atoms with Crippen LogP contribution in [0.2, 0.25) is 0 Å². The highest BCUT2D eigenvalue weighted by Gasteiger charge is 1.97. The zero-order chi connectivity index (χ0) is 18.2. The lowest BCUT2D eigenvalue weighted by Crippen LogP contribution is -2.19. The topological polar surface area (TPSA) is 12.5 Å². The first-order valence-corrected chi connectivity index (χ1v) is 10.1. The van der Waals surface area contributed by atoms with Crippen LogP contribution in [0, 0.1) is 11.8 Å². The number of ether oxygens (including phenoxy) is 1. The highest BCUT2D eigenvalue weighted by atomic mass is 16.5. The number of methoxy groups -OCH3 is 1. The number of benzene rings is 1. The molecule has 1 aromatic carbocycles. The van der Waals surface area contributed by atoms with Crippen molar-refractivity contribution in [2.24, 2.45) is 0 Å². The van der Waals surface area contributed by atoms with Gasteiger partial charge in [-0.15, -0.1) is 0 Å². The summed E-state index contributed by atoms with van der Waals surface area (Å²) in [6, 6.07) is 7.93. The van der Waals surface area contributed by atoms with Gasteiger partial charge in [0.1, 0.15) is 5.75 Å². The van der Waals surface area contributed by atoms with E-state index in [1.165, 1.54) is 64.2 Å². The average molecular weight is 344 g/mol. The maximum absolute atomic E-state index is 5.16. The van der Waals surface area contributed by atoms with Crippen molar-refractivity contribution < 1.29 is 4.74 Å². The summed E-state index contributed by atoms with van der Waals surface area (Å²) in [7, 11) is 3.85. The molecule has 25 heavy (non-hydrogen) atoms. The van der Waals surface area contributed by atoms with Crippen molar-refractivity contribution in [1.82, 2.24) is 4.90 Å². The van der Waals surface area contributed by atoms with Gasteiger partial charge in [-0.25, -0.2) is 0 Å². The Bertz CT molecular complexity index is 483. The highest BCUT2D eigenvalue weighted by Crippen LogP contribution is 2.11. The Kier molecular flexibility index (Phi) is 12.8. The van der Waals surface area contributed by atoms with Crippen molar-refractivity contribution in [1.29, 1.82) is 0 Å². The van der Waals surface area contributed by atoms with Crippen LogP contribution < -0.4 is 4.74 Å². The van der Waals surface area contributed by atoms with E-state index in [-0.39, 0.29) is 0 Å². The zero-order valence-electron chi connectivity index (χ0n) is 16.7. The van der Waals surface area contributed by atoms with Gasteiger partial charge in [0.25, 0.3) is 0 Å². The summed E-state index contributed by atoms with van der Waals surface area (Å²) in [6.45, 7) is 4.26. The van der Waals surface area contributed by atoms with Crippen molar-refractivity contribution in [3.63, 3.8) is 0 Å². The fourth-order valence-electron chi connectivity index (χ4n) is 2.90. The Labute approximate surface area is 156 Å². The SMILES string of the molecule is CCCCCCCCCCCCN(C)CC#Cc1ccc(OC)cc1. The van der Waals surface area contributed by atoms with Gasteiger partial charge in [-0.3, -0.25) is 4.90 Å². The molecule has 0 aromatic heterocycles. The van der Waals surface area contributed by atoms with Crippen molar-refractivity contribution in [3.8, 4) is 17.6 Å². The van der Waals surface area contributed by atoms with E-state index in [1.54, 1.807) is 7.11 Å². The molecule has 0 atom stereocenters. The molecule has 0 saturated carbocycles. The van der Waals surface area contributed by atoms with Gasteiger partial charge >= 0.3 is 0 Å². The molecule has 0 radical (unpaired) electrons. The van der Waals surface area contributed by atoms with E-state index in [4.69, 9.17) is 4.74 Å². The predicted molar refractivity (Wildman–Crippen MR) is 109 cm³/mol. The Morgan fingerprint density at radius 1 is 0.840 bits per heavy atom. The third-order valence-corrected chi connectivity index (χ3v) is 4.57. The molecular weight excluding hydrogens is 306 g/mol. The summed E-state index contributed by atoms with van der Waals surface area (Å²) in [5, 5.41) is 0. The average Bonchev–Trinajstić information content (AvgIpc) is 2.64. The summed E-state index contributed by atoms with van der Waals surface area (Å²) in [6.07, 6.45) is 13.9. The molecule has 0 unspecified atom stereocenters. The molecule has 0 aliphatic rings. The Balaban J connectivity index is 2.00. The predicted octanol–water partition coefficient (Wildman–Crippen LogP) is 5.90. The monoisotopic (exact) mass is 343 g/mol. The molecule has 0 bridgehead atoms. The van der Waals surface area contributed by atoms with Gasteiger partial charge in [-0.1, -0.05) is 76.6 Å². The number of hydrogen-bond acceptors (Lipinski definition) is 2. The van der Waals surface area contributed by atoms with Crippen LogP contribution in [-0.2, 0) is 0 Å². The second-order valence-corrected chi connectivity index (χ2v) is 6.95. The normalized spacial score (nSPS) is 10.6. The van der Waals surface area contributed by atoms with Gasteiger partial charge in [0.2, 0.25) is 0 Å². The molecule has 140 valence electrons. The second-order valence-electron chi connectivity index (χ2n) is 6.95. The lowest BCUT2D eigenvalue weighted by Gasteiger charge is -2.12. The minimum atomic E-state index is 0.837. The van der Waals surface area contributed by atoms with Crippen molar-refractivity contribution in [3.05, 3.63) is 29.8 Å². The first kappa shape index (κ1) is 21.6. The fourth-order valence-corrected chi connectivity index (χ4v) is 2.90. The molecule has 1 rings (SSSR count). The van der Waals surface area contributed by atoms with Crippen molar-refractivity contribution in [2.45, 2.75) is 71.1 Å². The fraction of sp³-hybridized carbons (Fsp3) is 0.652. The smallest absolute Gasteiger partial charge is 0.118 e. The molecule has 0 spiro atoms. The zero-order valence-corrected chi connectivity index (χ0v) is 16.7. The molecule has 0 heterocycles. The third kappa shape index (κ3) is 11.7. The quantitative estimate of drug-likeness (QED) is 0.326. The largest absolute Gasteiger partial charge is 0.497 e. The van der Waals surface area contributed by atoms with E-state index in [2.05, 4.69) is 30.7 Å². The van der Waals surface area contributed by atoms with E-state index < -0.39 is 0 Å². The minimum absolute atomic E-state index is 0.837. The maximum atomic E-state index is 5.16. The van der Waals surface area contributed by atoms with Crippen LogP contribution in [0.15, 0.2) is 24.3 Å². The highest BCUT2D eigenvalue weighted by molar-refractivity contribution is 5.38. The number of rotatable bonds is 13. The molecule has 0 amide bonds. The maximum Gasteiger partial charge on any atom is 0.118 e. The van der Waals surface area contributed by atoms with Gasteiger partial charge in [-0.2, -0.15) is 0 Å². The van der Waals surface area contributed by atoms with Crippen LogP contribution in [0.1, 0.15) is 76.7 Å². The molecular formula is C23H37NO. The third-order valence-electron chi connectivity index (χ3n) is 4.57. The molecule has 0 fully saturated rings. The van der Waals surface area contributed by atoms with Crippen LogP contribution in [0.5, 0.6) is 5.75 Å². The van der Waals surface area contributed by atoms with Gasteiger partial charge < -0.3 is 4.74 Å². The lowest BCUT2D eigenvalue weighted by atomic mass is 10.1. The van der Waals surface area contributed by atoms with Crippen LogP contribution in [-0.4, -0.2) is 32.1 Å². The molecule has 0 aliphatic carbocycles.